The van der Waals surface area contributed by atoms with Crippen molar-refractivity contribution in [2.24, 2.45) is 0 Å². The molecule has 0 aliphatic rings. The third-order valence-corrected chi connectivity index (χ3v) is 14.6. The van der Waals surface area contributed by atoms with Gasteiger partial charge < -0.3 is 0 Å². The molecule has 0 aromatic carbocycles. The molecule has 0 bridgehead atoms. The van der Waals surface area contributed by atoms with Crippen LogP contribution in [-0.4, -0.2) is 36.1 Å². The summed E-state index contributed by atoms with van der Waals surface area (Å²) in [5.41, 5.74) is 0. The summed E-state index contributed by atoms with van der Waals surface area (Å²) in [6.07, 6.45) is 5.07. The van der Waals surface area contributed by atoms with Crippen molar-refractivity contribution in [1.29, 1.82) is 0 Å². The monoisotopic (exact) mass is 340 g/mol. The second-order valence-corrected chi connectivity index (χ2v) is 14.4. The van der Waals surface area contributed by atoms with Crippen LogP contribution in [-0.2, 0) is 4.79 Å². The number of thiol groups is 1. The SMILES string of the molecule is CCC[CH2][SnH]([CH2]CCC)[CH2]C(S)C(=O)O. The number of hydrogen-bond donors (Lipinski definition) is 2. The normalized spacial score (nSPS) is 13.1. The molecule has 0 radical (unpaired) electrons. The van der Waals surface area contributed by atoms with Crippen LogP contribution >= 0.6 is 12.6 Å². The molecule has 0 saturated carbocycles. The number of unbranched alkanes of at least 4 members (excludes halogenated alkanes) is 2. The van der Waals surface area contributed by atoms with Gasteiger partial charge in [0.2, 0.25) is 0 Å². The van der Waals surface area contributed by atoms with Gasteiger partial charge in [-0.2, -0.15) is 0 Å². The molecule has 4 heteroatoms. The summed E-state index contributed by atoms with van der Waals surface area (Å²) in [7, 11) is 0. The maximum atomic E-state index is 10.7. The predicted octanol–water partition coefficient (Wildman–Crippen LogP) is 3.20. The van der Waals surface area contributed by atoms with Gasteiger partial charge in [-0.15, -0.1) is 0 Å². The first-order chi connectivity index (χ1) is 7.11. The van der Waals surface area contributed by atoms with E-state index < -0.39 is 25.7 Å². The number of carboxylic acid groups (broad SMARTS) is 1. The van der Waals surface area contributed by atoms with Gasteiger partial charge in [-0.25, -0.2) is 0 Å². The molecule has 90 valence electrons. The minimum atomic E-state index is -1.55. The summed E-state index contributed by atoms with van der Waals surface area (Å²) < 4.78 is 3.66. The van der Waals surface area contributed by atoms with Crippen LogP contribution in [0.1, 0.15) is 39.5 Å². The topological polar surface area (TPSA) is 37.3 Å². The summed E-state index contributed by atoms with van der Waals surface area (Å²) in [5, 5.41) is 8.45. The number of aliphatic carboxylic acids is 1. The third kappa shape index (κ3) is 8.43. The van der Waals surface area contributed by atoms with Gasteiger partial charge >= 0.3 is 106 Å². The van der Waals surface area contributed by atoms with Crippen molar-refractivity contribution >= 4 is 38.4 Å². The second kappa shape index (κ2) is 9.82. The fourth-order valence-electron chi connectivity index (χ4n) is 1.78. The van der Waals surface area contributed by atoms with Crippen LogP contribution in [0.2, 0.25) is 13.3 Å². The summed E-state index contributed by atoms with van der Waals surface area (Å²) in [6, 6.07) is 0. The van der Waals surface area contributed by atoms with Gasteiger partial charge in [0.05, 0.1) is 0 Å². The van der Waals surface area contributed by atoms with Crippen LogP contribution in [0.3, 0.4) is 0 Å². The molecule has 0 aromatic rings. The Morgan fingerprint density at radius 3 is 2.07 bits per heavy atom. The Morgan fingerprint density at radius 1 is 1.27 bits per heavy atom. The van der Waals surface area contributed by atoms with Gasteiger partial charge in [-0.1, -0.05) is 0 Å². The first kappa shape index (κ1) is 15.6. The van der Waals surface area contributed by atoms with Gasteiger partial charge in [0, 0.05) is 0 Å². The molecule has 2 nitrogen and oxygen atoms in total. The van der Waals surface area contributed by atoms with Crippen molar-refractivity contribution in [3.8, 4) is 0 Å². The molecule has 0 spiro atoms. The van der Waals surface area contributed by atoms with Gasteiger partial charge in [0.25, 0.3) is 0 Å². The summed E-state index contributed by atoms with van der Waals surface area (Å²) in [4.78, 5) is 10.7. The summed E-state index contributed by atoms with van der Waals surface area (Å²) in [5.74, 6) is -0.729. The van der Waals surface area contributed by atoms with Crippen LogP contribution in [0.5, 0.6) is 0 Å². The number of hydrogen-bond acceptors (Lipinski definition) is 2. The maximum absolute atomic E-state index is 10.7. The van der Waals surface area contributed by atoms with E-state index in [1.807, 2.05) is 0 Å². The Balaban J connectivity index is 3.92. The van der Waals surface area contributed by atoms with Gasteiger partial charge in [-0.05, 0) is 0 Å². The van der Waals surface area contributed by atoms with E-state index in [1.165, 1.54) is 34.6 Å². The van der Waals surface area contributed by atoms with Crippen LogP contribution in [0.25, 0.3) is 0 Å². The molecule has 1 atom stereocenters. The second-order valence-electron chi connectivity index (χ2n) is 4.24. The van der Waals surface area contributed by atoms with Crippen LogP contribution < -0.4 is 0 Å². The fraction of sp³-hybridized carbons (Fsp3) is 0.909. The first-order valence-electron chi connectivity index (χ1n) is 6.02. The van der Waals surface area contributed by atoms with Crippen LogP contribution in [0.4, 0.5) is 0 Å². The van der Waals surface area contributed by atoms with E-state index in [2.05, 4.69) is 26.5 Å². The standard InChI is InChI=1S/2C4H9.C3H5O2S.Sn.H/c2*1-3-4-2;1-2(6)3(4)5;;/h2*1,3-4H2,2H3;2,6H,1H2,(H,4,5);;. The zero-order chi connectivity index (χ0) is 11.7. The zero-order valence-corrected chi connectivity index (χ0v) is 14.1. The molecule has 0 aliphatic heterocycles. The van der Waals surface area contributed by atoms with E-state index in [0.717, 1.165) is 4.44 Å². The molecule has 1 unspecified atom stereocenters. The molecule has 1 N–H and O–H groups in total. The molecule has 0 aliphatic carbocycles. The van der Waals surface area contributed by atoms with E-state index in [-0.39, 0.29) is 5.25 Å². The quantitative estimate of drug-likeness (QED) is 0.500. The Morgan fingerprint density at radius 2 is 1.73 bits per heavy atom. The molecule has 0 saturated heterocycles. The van der Waals surface area contributed by atoms with E-state index in [9.17, 15) is 4.79 Å². The molecule has 0 heterocycles. The van der Waals surface area contributed by atoms with Crippen molar-refractivity contribution < 1.29 is 9.90 Å². The van der Waals surface area contributed by atoms with Gasteiger partial charge in [-0.3, -0.25) is 0 Å². The molecule has 0 rings (SSSR count). The zero-order valence-electron chi connectivity index (χ0n) is 9.91. The van der Waals surface area contributed by atoms with Crippen molar-refractivity contribution in [1.82, 2.24) is 0 Å². The predicted molar refractivity (Wildman–Crippen MR) is 71.8 cm³/mol. The van der Waals surface area contributed by atoms with E-state index in [0.29, 0.717) is 0 Å². The minimum absolute atomic E-state index is 0.389. The van der Waals surface area contributed by atoms with Crippen LogP contribution in [0, 0.1) is 0 Å². The Kier molecular flexibility index (Phi) is 10.2. The number of carbonyl (C=O) groups is 1. The van der Waals surface area contributed by atoms with Crippen molar-refractivity contribution in [3.05, 3.63) is 0 Å². The fourth-order valence-corrected chi connectivity index (χ4v) is 14.0. The van der Waals surface area contributed by atoms with E-state index in [1.54, 1.807) is 0 Å². The summed E-state index contributed by atoms with van der Waals surface area (Å²) >= 11 is 2.61. The molecule has 0 aromatic heterocycles. The van der Waals surface area contributed by atoms with Crippen molar-refractivity contribution in [2.75, 3.05) is 0 Å². The van der Waals surface area contributed by atoms with Gasteiger partial charge in [0.15, 0.2) is 0 Å². The van der Waals surface area contributed by atoms with Crippen LogP contribution in [0.15, 0.2) is 0 Å². The average Bonchev–Trinajstić information content (AvgIpc) is 2.21. The van der Waals surface area contributed by atoms with Crippen molar-refractivity contribution in [3.63, 3.8) is 0 Å². The Hall–Kier alpha value is 0.619. The average molecular weight is 339 g/mol. The molecule has 15 heavy (non-hydrogen) atoms. The number of rotatable bonds is 9. The van der Waals surface area contributed by atoms with Gasteiger partial charge in [0.1, 0.15) is 0 Å². The first-order valence-corrected chi connectivity index (χ1v) is 13.5. The third-order valence-electron chi connectivity index (χ3n) is 2.77. The molecular formula is C11H24O2SSn. The van der Waals surface area contributed by atoms with Crippen molar-refractivity contribution in [2.45, 2.75) is 58.1 Å². The summed E-state index contributed by atoms with van der Waals surface area (Å²) in [6.45, 7) is 4.41. The molecule has 0 fully saturated rings. The van der Waals surface area contributed by atoms with E-state index >= 15 is 0 Å². The van der Waals surface area contributed by atoms with E-state index in [4.69, 9.17) is 5.11 Å². The number of carboxylic acids is 1. The molecular weight excluding hydrogens is 315 g/mol. The Bertz CT molecular complexity index is 168. The Labute approximate surface area is 106 Å². The molecule has 0 amide bonds.